The molecule has 27 heavy (non-hydrogen) atoms. The summed E-state index contributed by atoms with van der Waals surface area (Å²) in [6.45, 7) is 7.82. The molecule has 140 valence electrons. The topological polar surface area (TPSA) is 48.4 Å². The highest BCUT2D eigenvalue weighted by atomic mass is 32.1. The van der Waals surface area contributed by atoms with Gasteiger partial charge in [0.05, 0.1) is 0 Å². The Labute approximate surface area is 164 Å². The summed E-state index contributed by atoms with van der Waals surface area (Å²) >= 11 is 1.59. The van der Waals surface area contributed by atoms with Crippen LogP contribution in [0.2, 0.25) is 0 Å². The molecule has 0 saturated heterocycles. The first-order valence-corrected chi connectivity index (χ1v) is 10.1. The van der Waals surface area contributed by atoms with Crippen molar-refractivity contribution in [2.75, 3.05) is 11.9 Å². The first-order chi connectivity index (χ1) is 13.0. The second-order valence-electron chi connectivity index (χ2n) is 7.27. The van der Waals surface area contributed by atoms with Gasteiger partial charge in [0.2, 0.25) is 0 Å². The van der Waals surface area contributed by atoms with Gasteiger partial charge < -0.3 is 10.4 Å². The van der Waals surface area contributed by atoms with Gasteiger partial charge in [-0.05, 0) is 49.9 Å². The average Bonchev–Trinajstić information content (AvgIpc) is 3.03. The van der Waals surface area contributed by atoms with E-state index in [2.05, 4.69) is 66.5 Å². The van der Waals surface area contributed by atoms with Gasteiger partial charge >= 0.3 is 0 Å². The minimum Gasteiger partial charge on any atom is -0.372 e. The molecular weight excluding hydrogens is 354 g/mol. The Morgan fingerprint density at radius 3 is 2.67 bits per heavy atom. The monoisotopic (exact) mass is 379 g/mol. The van der Waals surface area contributed by atoms with Gasteiger partial charge in [-0.25, -0.2) is 4.98 Å². The van der Waals surface area contributed by atoms with Crippen molar-refractivity contribution in [2.24, 2.45) is 0 Å². The lowest BCUT2D eigenvalue weighted by molar-refractivity contribution is -0.0108. The highest BCUT2D eigenvalue weighted by Crippen LogP contribution is 2.33. The minimum absolute atomic E-state index is 0.677. The van der Waals surface area contributed by atoms with Crippen LogP contribution in [0.25, 0.3) is 0 Å². The number of nitrogens with zero attached hydrogens (tertiary/aromatic N) is 2. The number of aliphatic hydroxyl groups is 1. The Kier molecular flexibility index (Phi) is 5.00. The molecule has 4 rings (SSSR count). The third kappa shape index (κ3) is 3.76. The van der Waals surface area contributed by atoms with Gasteiger partial charge in [0.15, 0.2) is 11.4 Å². The van der Waals surface area contributed by atoms with Gasteiger partial charge in [-0.2, -0.15) is 0 Å². The van der Waals surface area contributed by atoms with E-state index in [0.717, 1.165) is 40.9 Å². The van der Waals surface area contributed by atoms with Crippen LogP contribution in [0.15, 0.2) is 42.5 Å². The molecule has 0 bridgehead atoms. The molecule has 5 heteroatoms. The Hall–Kier alpha value is -2.21. The molecule has 2 aromatic carbocycles. The molecule has 0 spiro atoms. The van der Waals surface area contributed by atoms with Gasteiger partial charge in [0.1, 0.15) is 5.69 Å². The number of rotatable bonds is 4. The van der Waals surface area contributed by atoms with E-state index in [1.54, 1.807) is 11.3 Å². The summed E-state index contributed by atoms with van der Waals surface area (Å²) in [4.78, 5) is 7.87. The molecule has 2 N–H and O–H groups in total. The largest absolute Gasteiger partial charge is 0.372 e. The van der Waals surface area contributed by atoms with E-state index in [1.165, 1.54) is 22.3 Å². The summed E-state index contributed by atoms with van der Waals surface area (Å²) in [6.07, 6.45) is 0.286. The van der Waals surface area contributed by atoms with Crippen molar-refractivity contribution >= 4 is 22.2 Å². The van der Waals surface area contributed by atoms with Crippen molar-refractivity contribution in [3.8, 4) is 0 Å². The van der Waals surface area contributed by atoms with E-state index < -0.39 is 6.23 Å². The maximum atomic E-state index is 11.0. The zero-order valence-electron chi connectivity index (χ0n) is 16.0. The Morgan fingerprint density at radius 1 is 1.11 bits per heavy atom. The summed E-state index contributed by atoms with van der Waals surface area (Å²) in [7, 11) is 0. The van der Waals surface area contributed by atoms with E-state index in [-0.39, 0.29) is 0 Å². The van der Waals surface area contributed by atoms with Crippen LogP contribution in [0, 0.1) is 20.8 Å². The first-order valence-electron chi connectivity index (χ1n) is 9.32. The smallest absolute Gasteiger partial charge is 0.187 e. The van der Waals surface area contributed by atoms with Crippen LogP contribution in [0.4, 0.5) is 10.8 Å². The van der Waals surface area contributed by atoms with Crippen LogP contribution >= 0.6 is 11.3 Å². The fourth-order valence-electron chi connectivity index (χ4n) is 3.67. The van der Waals surface area contributed by atoms with Crippen LogP contribution in [-0.2, 0) is 13.0 Å². The molecule has 0 radical (unpaired) electrons. The zero-order chi connectivity index (χ0) is 19.0. The fraction of sp³-hybridized carbons (Fsp3) is 0.318. The lowest BCUT2D eigenvalue weighted by atomic mass is 9.99. The standard InChI is InChI=1S/C22H25N3OS/c1-14-8-9-19(15(2)12-14)23-22-24-20(16(3)27-22)21(26)25-11-10-17-6-4-5-7-18(17)13-25/h4-9,12,21,26H,10-11,13H2,1-3H3,(H,23,24). The average molecular weight is 380 g/mol. The maximum Gasteiger partial charge on any atom is 0.187 e. The summed E-state index contributed by atoms with van der Waals surface area (Å²) in [5, 5.41) is 15.2. The Bertz CT molecular complexity index is 966. The van der Waals surface area contributed by atoms with Crippen LogP contribution in [0.3, 0.4) is 0 Å². The maximum absolute atomic E-state index is 11.0. The van der Waals surface area contributed by atoms with Gasteiger partial charge in [-0.3, -0.25) is 4.90 Å². The molecule has 0 amide bonds. The van der Waals surface area contributed by atoms with Gasteiger partial charge in [-0.15, -0.1) is 11.3 Å². The Morgan fingerprint density at radius 2 is 1.89 bits per heavy atom. The molecule has 1 aliphatic rings. The first kappa shape index (κ1) is 18.2. The predicted octanol–water partition coefficient (Wildman–Crippen LogP) is 4.86. The zero-order valence-corrected chi connectivity index (χ0v) is 16.8. The lowest BCUT2D eigenvalue weighted by Crippen LogP contribution is -2.34. The minimum atomic E-state index is -0.677. The molecule has 0 aliphatic carbocycles. The summed E-state index contributed by atoms with van der Waals surface area (Å²) < 4.78 is 0. The lowest BCUT2D eigenvalue weighted by Gasteiger charge is -2.32. The van der Waals surface area contributed by atoms with Crippen LogP contribution < -0.4 is 5.32 Å². The van der Waals surface area contributed by atoms with E-state index in [4.69, 9.17) is 4.98 Å². The summed E-state index contributed by atoms with van der Waals surface area (Å²) in [5.74, 6) is 0. The molecule has 0 saturated carbocycles. The van der Waals surface area contributed by atoms with Crippen LogP contribution in [0.5, 0.6) is 0 Å². The predicted molar refractivity (Wildman–Crippen MR) is 112 cm³/mol. The van der Waals surface area contributed by atoms with Crippen molar-refractivity contribution in [1.29, 1.82) is 0 Å². The number of aryl methyl sites for hydroxylation is 3. The van der Waals surface area contributed by atoms with Crippen LogP contribution in [-0.4, -0.2) is 21.5 Å². The quantitative estimate of drug-likeness (QED) is 0.680. The van der Waals surface area contributed by atoms with Crippen molar-refractivity contribution in [3.63, 3.8) is 0 Å². The van der Waals surface area contributed by atoms with E-state index in [0.29, 0.717) is 0 Å². The van der Waals surface area contributed by atoms with E-state index >= 15 is 0 Å². The van der Waals surface area contributed by atoms with E-state index in [1.807, 2.05) is 6.92 Å². The number of hydrogen-bond donors (Lipinski definition) is 2. The second-order valence-corrected chi connectivity index (χ2v) is 8.47. The third-order valence-electron chi connectivity index (χ3n) is 5.21. The normalized spacial score (nSPS) is 15.4. The number of nitrogens with one attached hydrogen (secondary N) is 1. The van der Waals surface area contributed by atoms with Gasteiger partial charge in [0.25, 0.3) is 0 Å². The van der Waals surface area contributed by atoms with Crippen molar-refractivity contribution < 1.29 is 5.11 Å². The second kappa shape index (κ2) is 7.43. The molecule has 4 nitrogen and oxygen atoms in total. The molecule has 1 atom stereocenters. The number of anilines is 2. The summed E-state index contributed by atoms with van der Waals surface area (Å²) in [6, 6.07) is 14.8. The number of fused-ring (bicyclic) bond motifs is 1. The third-order valence-corrected chi connectivity index (χ3v) is 6.11. The molecular formula is C22H25N3OS. The number of aliphatic hydroxyl groups excluding tert-OH is 1. The van der Waals surface area contributed by atoms with Crippen molar-refractivity contribution in [2.45, 2.75) is 40.0 Å². The van der Waals surface area contributed by atoms with Gasteiger partial charge in [0, 0.05) is 23.7 Å². The van der Waals surface area contributed by atoms with Gasteiger partial charge in [-0.1, -0.05) is 42.0 Å². The number of benzene rings is 2. The molecule has 2 heterocycles. The molecule has 0 fully saturated rings. The van der Waals surface area contributed by atoms with Crippen LogP contribution in [0.1, 0.15) is 39.1 Å². The molecule has 1 aliphatic heterocycles. The Balaban J connectivity index is 1.53. The molecule has 1 aromatic heterocycles. The van der Waals surface area contributed by atoms with Crippen molar-refractivity contribution in [1.82, 2.24) is 9.88 Å². The number of thiazole rings is 1. The SMILES string of the molecule is Cc1ccc(Nc2nc(C(O)N3CCc4ccccc4C3)c(C)s2)c(C)c1. The molecule has 1 unspecified atom stereocenters. The number of aromatic nitrogens is 1. The highest BCUT2D eigenvalue weighted by molar-refractivity contribution is 7.15. The summed E-state index contributed by atoms with van der Waals surface area (Å²) in [5.41, 5.74) is 6.93. The van der Waals surface area contributed by atoms with Crippen molar-refractivity contribution in [3.05, 3.63) is 75.3 Å². The highest BCUT2D eigenvalue weighted by Gasteiger charge is 2.26. The number of hydrogen-bond acceptors (Lipinski definition) is 5. The fourth-order valence-corrected chi connectivity index (χ4v) is 4.52. The van der Waals surface area contributed by atoms with E-state index in [9.17, 15) is 5.11 Å². The molecule has 3 aromatic rings.